The highest BCUT2D eigenvalue weighted by Crippen LogP contribution is 2.27. The fourth-order valence-electron chi connectivity index (χ4n) is 2.45. The summed E-state index contributed by atoms with van der Waals surface area (Å²) in [6, 6.07) is 14.3. The SMILES string of the molecule is Cc1ccccc1/C=N/N(CCO)C1=NS(=O)(=O)c2ccccc21. The van der Waals surface area contributed by atoms with Crippen LogP contribution in [0.1, 0.15) is 16.7 Å². The average molecular weight is 343 g/mol. The lowest BCUT2D eigenvalue weighted by atomic mass is 10.1. The Morgan fingerprint density at radius 2 is 1.88 bits per heavy atom. The Labute approximate surface area is 140 Å². The number of aryl methyl sites for hydroxylation is 1. The van der Waals surface area contributed by atoms with Gasteiger partial charge in [0.05, 0.1) is 19.4 Å². The molecule has 0 bridgehead atoms. The van der Waals surface area contributed by atoms with E-state index in [2.05, 4.69) is 9.50 Å². The number of sulfonamides is 1. The molecule has 7 heteroatoms. The van der Waals surface area contributed by atoms with Gasteiger partial charge in [-0.05, 0) is 30.2 Å². The highest BCUT2D eigenvalue weighted by Gasteiger charge is 2.31. The van der Waals surface area contributed by atoms with E-state index >= 15 is 0 Å². The van der Waals surface area contributed by atoms with Gasteiger partial charge in [-0.1, -0.05) is 36.4 Å². The van der Waals surface area contributed by atoms with Crippen LogP contribution in [0.25, 0.3) is 0 Å². The minimum absolute atomic E-state index is 0.144. The van der Waals surface area contributed by atoms with Crippen LogP contribution in [0.2, 0.25) is 0 Å². The first-order valence-electron chi connectivity index (χ1n) is 7.45. The quantitative estimate of drug-likeness (QED) is 0.677. The molecule has 0 spiro atoms. The molecule has 0 amide bonds. The molecule has 2 aromatic rings. The summed E-state index contributed by atoms with van der Waals surface area (Å²) in [5.74, 6) is 0.226. The molecule has 1 heterocycles. The molecule has 1 N–H and O–H groups in total. The smallest absolute Gasteiger partial charge is 0.285 e. The number of benzene rings is 2. The van der Waals surface area contributed by atoms with Gasteiger partial charge in [-0.3, -0.25) is 0 Å². The molecule has 6 nitrogen and oxygen atoms in total. The van der Waals surface area contributed by atoms with Crippen molar-refractivity contribution < 1.29 is 13.5 Å². The number of amidine groups is 1. The van der Waals surface area contributed by atoms with Crippen LogP contribution < -0.4 is 0 Å². The summed E-state index contributed by atoms with van der Waals surface area (Å²) in [5, 5.41) is 15.1. The van der Waals surface area contributed by atoms with Crippen LogP contribution in [-0.2, 0) is 10.0 Å². The predicted octanol–water partition coefficient (Wildman–Crippen LogP) is 1.77. The monoisotopic (exact) mass is 343 g/mol. The first kappa shape index (κ1) is 16.4. The highest BCUT2D eigenvalue weighted by molar-refractivity contribution is 7.90. The summed E-state index contributed by atoms with van der Waals surface area (Å²) in [6.07, 6.45) is 1.64. The van der Waals surface area contributed by atoms with Gasteiger partial charge in [0, 0.05) is 5.56 Å². The second kappa shape index (κ2) is 6.54. The predicted molar refractivity (Wildman–Crippen MR) is 92.7 cm³/mol. The molecule has 3 rings (SSSR count). The van der Waals surface area contributed by atoms with Gasteiger partial charge >= 0.3 is 0 Å². The van der Waals surface area contributed by atoms with Crippen LogP contribution in [0.5, 0.6) is 0 Å². The lowest BCUT2D eigenvalue weighted by Crippen LogP contribution is -2.29. The van der Waals surface area contributed by atoms with Crippen LogP contribution in [-0.4, -0.2) is 43.7 Å². The zero-order valence-electron chi connectivity index (χ0n) is 13.1. The third-order valence-corrected chi connectivity index (χ3v) is 5.02. The second-order valence-corrected chi connectivity index (χ2v) is 6.91. The molecule has 0 atom stereocenters. The normalized spacial score (nSPS) is 15.3. The van der Waals surface area contributed by atoms with Gasteiger partial charge in [-0.25, -0.2) is 5.01 Å². The molecule has 0 aliphatic carbocycles. The maximum Gasteiger partial charge on any atom is 0.285 e. The van der Waals surface area contributed by atoms with Crippen molar-refractivity contribution in [2.75, 3.05) is 13.2 Å². The lowest BCUT2D eigenvalue weighted by molar-refractivity contribution is 0.254. The van der Waals surface area contributed by atoms with Crippen LogP contribution in [0.3, 0.4) is 0 Å². The van der Waals surface area contributed by atoms with Crippen LogP contribution in [0.4, 0.5) is 0 Å². The van der Waals surface area contributed by atoms with E-state index in [0.717, 1.165) is 11.1 Å². The number of fused-ring (bicyclic) bond motifs is 1. The minimum Gasteiger partial charge on any atom is -0.394 e. The standard InChI is InChI=1S/C17H17N3O3S/c1-13-6-2-3-7-14(13)12-18-20(10-11-21)17-15-8-4-5-9-16(15)24(22,23)19-17/h2-9,12,21H,10-11H2,1H3/b18-12+. The fraction of sp³-hybridized carbons (Fsp3) is 0.176. The molecule has 0 unspecified atom stereocenters. The van der Waals surface area contributed by atoms with Crippen molar-refractivity contribution in [2.24, 2.45) is 9.50 Å². The highest BCUT2D eigenvalue weighted by atomic mass is 32.2. The number of hydrogen-bond acceptors (Lipinski definition) is 5. The third-order valence-electron chi connectivity index (χ3n) is 3.69. The van der Waals surface area contributed by atoms with Crippen LogP contribution >= 0.6 is 0 Å². The third kappa shape index (κ3) is 3.08. The van der Waals surface area contributed by atoms with E-state index in [-0.39, 0.29) is 23.9 Å². The Morgan fingerprint density at radius 1 is 1.17 bits per heavy atom. The number of aliphatic hydroxyl groups is 1. The van der Waals surface area contributed by atoms with Gasteiger partial charge in [0.15, 0.2) is 5.84 Å². The van der Waals surface area contributed by atoms with Gasteiger partial charge in [0.25, 0.3) is 10.0 Å². The molecule has 124 valence electrons. The van der Waals surface area contributed by atoms with E-state index in [1.54, 1.807) is 24.4 Å². The number of nitrogens with zero attached hydrogens (tertiary/aromatic N) is 3. The molecule has 1 aliphatic heterocycles. The van der Waals surface area contributed by atoms with Crippen molar-refractivity contribution in [3.05, 3.63) is 65.2 Å². The van der Waals surface area contributed by atoms with Crippen molar-refractivity contribution in [3.8, 4) is 0 Å². The van der Waals surface area contributed by atoms with Gasteiger partial charge < -0.3 is 5.11 Å². The Balaban J connectivity index is 2.00. The van der Waals surface area contributed by atoms with E-state index in [4.69, 9.17) is 0 Å². The zero-order valence-corrected chi connectivity index (χ0v) is 13.9. The topological polar surface area (TPSA) is 82.3 Å². The summed E-state index contributed by atoms with van der Waals surface area (Å²) < 4.78 is 28.2. The zero-order chi connectivity index (χ0) is 17.2. The molecule has 0 radical (unpaired) electrons. The number of hydrazone groups is 1. The van der Waals surface area contributed by atoms with Gasteiger partial charge in [-0.15, -0.1) is 4.40 Å². The van der Waals surface area contributed by atoms with Gasteiger partial charge in [0.2, 0.25) is 0 Å². The number of hydrogen-bond donors (Lipinski definition) is 1. The summed E-state index contributed by atoms with van der Waals surface area (Å²) in [7, 11) is -3.72. The molecule has 0 aromatic heterocycles. The van der Waals surface area contributed by atoms with E-state index < -0.39 is 10.0 Å². The molecular formula is C17H17N3O3S. The molecule has 0 fully saturated rings. The maximum atomic E-state index is 12.2. The van der Waals surface area contributed by atoms with Crippen LogP contribution in [0.15, 0.2) is 62.9 Å². The summed E-state index contributed by atoms with van der Waals surface area (Å²) in [4.78, 5) is 0.161. The summed E-state index contributed by atoms with van der Waals surface area (Å²) >= 11 is 0. The molecule has 24 heavy (non-hydrogen) atoms. The Kier molecular flexibility index (Phi) is 4.46. The summed E-state index contributed by atoms with van der Waals surface area (Å²) in [6.45, 7) is 1.93. The van der Waals surface area contributed by atoms with E-state index in [1.807, 2.05) is 31.2 Å². The van der Waals surface area contributed by atoms with Crippen molar-refractivity contribution in [1.82, 2.24) is 5.01 Å². The first-order valence-corrected chi connectivity index (χ1v) is 8.89. The Bertz CT molecular complexity index is 920. The Morgan fingerprint density at radius 3 is 2.62 bits per heavy atom. The number of aliphatic hydroxyl groups excluding tert-OH is 1. The number of rotatable bonds is 4. The van der Waals surface area contributed by atoms with Crippen LogP contribution in [0, 0.1) is 6.92 Å². The van der Waals surface area contributed by atoms with E-state index in [9.17, 15) is 13.5 Å². The molecule has 0 saturated heterocycles. The van der Waals surface area contributed by atoms with Crippen molar-refractivity contribution in [1.29, 1.82) is 0 Å². The molecule has 1 aliphatic rings. The molecule has 2 aromatic carbocycles. The maximum absolute atomic E-state index is 12.2. The lowest BCUT2D eigenvalue weighted by Gasteiger charge is -2.17. The fourth-order valence-corrected chi connectivity index (χ4v) is 3.66. The molecular weight excluding hydrogens is 326 g/mol. The summed E-state index contributed by atoms with van der Waals surface area (Å²) in [5.41, 5.74) is 2.45. The van der Waals surface area contributed by atoms with Crippen molar-refractivity contribution in [2.45, 2.75) is 11.8 Å². The van der Waals surface area contributed by atoms with E-state index in [1.165, 1.54) is 11.1 Å². The Hall–Kier alpha value is -2.51. The second-order valence-electron chi connectivity index (χ2n) is 5.33. The largest absolute Gasteiger partial charge is 0.394 e. The average Bonchev–Trinajstić information content (AvgIpc) is 2.85. The molecule has 0 saturated carbocycles. The van der Waals surface area contributed by atoms with Crippen molar-refractivity contribution in [3.63, 3.8) is 0 Å². The van der Waals surface area contributed by atoms with Gasteiger partial charge in [0.1, 0.15) is 4.90 Å². The first-order chi connectivity index (χ1) is 11.5. The minimum atomic E-state index is -3.72. The van der Waals surface area contributed by atoms with Crippen molar-refractivity contribution >= 4 is 22.1 Å². The van der Waals surface area contributed by atoms with Gasteiger partial charge in [-0.2, -0.15) is 13.5 Å². The van der Waals surface area contributed by atoms with E-state index in [0.29, 0.717) is 5.56 Å².